The van der Waals surface area contributed by atoms with Crippen molar-refractivity contribution in [2.45, 2.75) is 37.9 Å². The molecular formula is C15H18N4O3S. The number of aryl methyl sites for hydroxylation is 2. The molecule has 1 fully saturated rings. The third-order valence-electron chi connectivity index (χ3n) is 3.60. The average molecular weight is 334 g/mol. The number of rotatable bonds is 5. The highest BCUT2D eigenvalue weighted by atomic mass is 32.2. The van der Waals surface area contributed by atoms with E-state index in [0.717, 1.165) is 18.4 Å². The first-order valence-corrected chi connectivity index (χ1v) is 9.03. The van der Waals surface area contributed by atoms with Crippen LogP contribution in [0.5, 0.6) is 0 Å². The summed E-state index contributed by atoms with van der Waals surface area (Å²) >= 11 is 0. The Labute approximate surface area is 134 Å². The van der Waals surface area contributed by atoms with Crippen molar-refractivity contribution in [1.29, 1.82) is 0 Å². The van der Waals surface area contributed by atoms with Crippen molar-refractivity contribution in [3.05, 3.63) is 35.7 Å². The van der Waals surface area contributed by atoms with Gasteiger partial charge in [0, 0.05) is 11.7 Å². The van der Waals surface area contributed by atoms with Gasteiger partial charge < -0.3 is 5.32 Å². The van der Waals surface area contributed by atoms with Crippen LogP contribution in [-0.4, -0.2) is 40.9 Å². The number of sulfone groups is 1. The molecule has 1 aromatic carbocycles. The minimum atomic E-state index is -3.87. The van der Waals surface area contributed by atoms with Gasteiger partial charge in [0.2, 0.25) is 15.7 Å². The smallest absolute Gasteiger partial charge is 0.254 e. The van der Waals surface area contributed by atoms with Crippen molar-refractivity contribution >= 4 is 15.7 Å². The number of carbonyl (C=O) groups is 1. The number of amides is 1. The van der Waals surface area contributed by atoms with E-state index in [-0.39, 0.29) is 11.2 Å². The van der Waals surface area contributed by atoms with Crippen LogP contribution in [0, 0.1) is 13.8 Å². The maximum atomic E-state index is 12.6. The second-order valence-corrected chi connectivity index (χ2v) is 7.69. The lowest BCUT2D eigenvalue weighted by atomic mass is 10.2. The lowest BCUT2D eigenvalue weighted by Gasteiger charge is -2.10. The van der Waals surface area contributed by atoms with E-state index in [1.807, 2.05) is 25.1 Å². The van der Waals surface area contributed by atoms with Crippen molar-refractivity contribution in [2.75, 3.05) is 5.75 Å². The molecule has 122 valence electrons. The molecule has 1 amide bonds. The predicted octanol–water partition coefficient (Wildman–Crippen LogP) is 0.936. The van der Waals surface area contributed by atoms with Gasteiger partial charge in [-0.3, -0.25) is 9.36 Å². The van der Waals surface area contributed by atoms with Crippen LogP contribution in [0.15, 0.2) is 29.4 Å². The molecule has 23 heavy (non-hydrogen) atoms. The molecule has 1 aliphatic carbocycles. The van der Waals surface area contributed by atoms with E-state index >= 15 is 0 Å². The van der Waals surface area contributed by atoms with E-state index in [9.17, 15) is 13.2 Å². The molecule has 1 heterocycles. The van der Waals surface area contributed by atoms with Gasteiger partial charge in [0.05, 0.1) is 0 Å². The Morgan fingerprint density at radius 1 is 1.30 bits per heavy atom. The van der Waals surface area contributed by atoms with E-state index < -0.39 is 21.5 Å². The lowest BCUT2D eigenvalue weighted by molar-refractivity contribution is -0.118. The Hall–Kier alpha value is -2.22. The average Bonchev–Trinajstić information content (AvgIpc) is 3.17. The molecule has 1 aliphatic rings. The Kier molecular flexibility index (Phi) is 3.93. The van der Waals surface area contributed by atoms with Gasteiger partial charge in [0.1, 0.15) is 11.6 Å². The van der Waals surface area contributed by atoms with Crippen LogP contribution in [0.4, 0.5) is 0 Å². The van der Waals surface area contributed by atoms with Gasteiger partial charge in [-0.25, -0.2) is 8.42 Å². The molecule has 0 unspecified atom stereocenters. The summed E-state index contributed by atoms with van der Waals surface area (Å²) < 4.78 is 26.6. The molecule has 0 aliphatic heterocycles. The van der Waals surface area contributed by atoms with Gasteiger partial charge in [-0.15, -0.1) is 10.2 Å². The first-order chi connectivity index (χ1) is 10.9. The minimum absolute atomic E-state index is 0.120. The quantitative estimate of drug-likeness (QED) is 0.878. The molecule has 1 saturated carbocycles. The van der Waals surface area contributed by atoms with Gasteiger partial charge in [-0.1, -0.05) is 12.1 Å². The normalized spacial score (nSPS) is 14.7. The van der Waals surface area contributed by atoms with Gasteiger partial charge in [-0.2, -0.15) is 0 Å². The largest absolute Gasteiger partial charge is 0.352 e. The Morgan fingerprint density at radius 3 is 2.70 bits per heavy atom. The number of benzene rings is 1. The molecule has 3 rings (SSSR count). The molecule has 0 radical (unpaired) electrons. The second-order valence-electron chi connectivity index (χ2n) is 5.81. The van der Waals surface area contributed by atoms with E-state index in [2.05, 4.69) is 15.5 Å². The zero-order valence-electron chi connectivity index (χ0n) is 13.0. The number of hydrogen-bond acceptors (Lipinski definition) is 5. The summed E-state index contributed by atoms with van der Waals surface area (Å²) in [4.78, 5) is 11.8. The Bertz CT molecular complexity index is 853. The zero-order valence-corrected chi connectivity index (χ0v) is 13.8. The van der Waals surface area contributed by atoms with Crippen LogP contribution >= 0.6 is 0 Å². The van der Waals surface area contributed by atoms with Crippen LogP contribution in [0.3, 0.4) is 0 Å². The van der Waals surface area contributed by atoms with Gasteiger partial charge in [0.15, 0.2) is 0 Å². The fraction of sp³-hybridized carbons (Fsp3) is 0.400. The number of nitrogens with zero attached hydrogens (tertiary/aromatic N) is 3. The van der Waals surface area contributed by atoms with Gasteiger partial charge in [-0.05, 0) is 44.4 Å². The Balaban J connectivity index is 1.94. The number of hydrogen-bond donors (Lipinski definition) is 1. The lowest BCUT2D eigenvalue weighted by Crippen LogP contribution is -2.32. The van der Waals surface area contributed by atoms with E-state index in [4.69, 9.17) is 0 Å². The SMILES string of the molecule is Cc1cccc(-n2c(C)nnc2S(=O)(=O)CC(=O)NC2CC2)c1. The van der Waals surface area contributed by atoms with E-state index in [1.54, 1.807) is 13.0 Å². The number of carbonyl (C=O) groups excluding carboxylic acids is 1. The van der Waals surface area contributed by atoms with E-state index in [0.29, 0.717) is 11.5 Å². The summed E-state index contributed by atoms with van der Waals surface area (Å²) in [6.45, 7) is 3.60. The second kappa shape index (κ2) is 5.77. The van der Waals surface area contributed by atoms with Crippen LogP contribution in [0.25, 0.3) is 5.69 Å². The van der Waals surface area contributed by atoms with Crippen LogP contribution in [0.2, 0.25) is 0 Å². The molecule has 0 saturated heterocycles. The third kappa shape index (κ3) is 3.42. The summed E-state index contributed by atoms with van der Waals surface area (Å²) in [5.41, 5.74) is 1.65. The highest BCUT2D eigenvalue weighted by Crippen LogP contribution is 2.20. The topological polar surface area (TPSA) is 93.9 Å². The number of aromatic nitrogens is 3. The molecule has 1 aromatic heterocycles. The van der Waals surface area contributed by atoms with Crippen LogP contribution in [0.1, 0.15) is 24.2 Å². The third-order valence-corrected chi connectivity index (χ3v) is 5.06. The predicted molar refractivity (Wildman–Crippen MR) is 84.1 cm³/mol. The monoisotopic (exact) mass is 334 g/mol. The highest BCUT2D eigenvalue weighted by molar-refractivity contribution is 7.92. The zero-order chi connectivity index (χ0) is 16.6. The summed E-state index contributed by atoms with van der Waals surface area (Å²) in [6.07, 6.45) is 1.81. The first kappa shape index (κ1) is 15.7. The molecular weight excluding hydrogens is 316 g/mol. The fourth-order valence-electron chi connectivity index (χ4n) is 2.34. The highest BCUT2D eigenvalue weighted by Gasteiger charge is 2.30. The van der Waals surface area contributed by atoms with Crippen molar-refractivity contribution in [2.24, 2.45) is 0 Å². The minimum Gasteiger partial charge on any atom is -0.352 e. The van der Waals surface area contributed by atoms with E-state index in [1.165, 1.54) is 4.57 Å². The van der Waals surface area contributed by atoms with Crippen LogP contribution < -0.4 is 5.32 Å². The van der Waals surface area contributed by atoms with Crippen molar-refractivity contribution in [1.82, 2.24) is 20.1 Å². The Morgan fingerprint density at radius 2 is 2.04 bits per heavy atom. The first-order valence-electron chi connectivity index (χ1n) is 7.38. The summed E-state index contributed by atoms with van der Waals surface area (Å²) in [5, 5.41) is 10.1. The summed E-state index contributed by atoms with van der Waals surface area (Å²) in [6, 6.07) is 7.50. The summed E-state index contributed by atoms with van der Waals surface area (Å²) in [7, 11) is -3.87. The molecule has 0 bridgehead atoms. The maximum Gasteiger partial charge on any atom is 0.254 e. The van der Waals surface area contributed by atoms with Crippen molar-refractivity contribution in [3.8, 4) is 5.69 Å². The van der Waals surface area contributed by atoms with Crippen molar-refractivity contribution in [3.63, 3.8) is 0 Å². The fourth-order valence-corrected chi connectivity index (χ4v) is 3.58. The van der Waals surface area contributed by atoms with Gasteiger partial charge in [0.25, 0.3) is 5.16 Å². The van der Waals surface area contributed by atoms with Gasteiger partial charge >= 0.3 is 0 Å². The molecule has 1 N–H and O–H groups in total. The molecule has 8 heteroatoms. The summed E-state index contributed by atoms with van der Waals surface area (Å²) in [5.74, 6) is -0.659. The van der Waals surface area contributed by atoms with Crippen molar-refractivity contribution < 1.29 is 13.2 Å². The molecule has 2 aromatic rings. The standard InChI is InChI=1S/C15H18N4O3S/c1-10-4-3-5-13(8-10)19-11(2)17-18-15(19)23(21,22)9-14(20)16-12-6-7-12/h3-5,8,12H,6-7,9H2,1-2H3,(H,16,20). The molecule has 0 spiro atoms. The molecule has 0 atom stereocenters. The number of nitrogens with one attached hydrogen (secondary N) is 1. The van der Waals surface area contributed by atoms with Crippen LogP contribution in [-0.2, 0) is 14.6 Å². The molecule has 7 nitrogen and oxygen atoms in total. The maximum absolute atomic E-state index is 12.6.